The van der Waals surface area contributed by atoms with Crippen molar-refractivity contribution in [3.63, 3.8) is 0 Å². The minimum atomic E-state index is 0.598. The Morgan fingerprint density at radius 3 is 2.85 bits per heavy atom. The van der Waals surface area contributed by atoms with E-state index >= 15 is 0 Å². The molecule has 0 heterocycles. The van der Waals surface area contributed by atoms with Crippen molar-refractivity contribution >= 4 is 24.9 Å². The monoisotopic (exact) mass is 192 g/mol. The Kier molecular flexibility index (Phi) is 2.50. The smallest absolute Gasteiger partial charge is 0.137 e. The standard InChI is InChI=1S/C10H10BClO/c11-8-3-4-10(9(12)5-8)13-6-7-1-2-7/h3-5,7H,1-2,6H2. The Bertz CT molecular complexity index is 310. The second kappa shape index (κ2) is 3.63. The summed E-state index contributed by atoms with van der Waals surface area (Å²) in [5.41, 5.74) is 0.670. The molecular formula is C10H10BClO. The average molecular weight is 192 g/mol. The van der Waals surface area contributed by atoms with E-state index in [-0.39, 0.29) is 0 Å². The van der Waals surface area contributed by atoms with E-state index in [1.165, 1.54) is 12.8 Å². The summed E-state index contributed by atoms with van der Waals surface area (Å²) in [7, 11) is 5.56. The van der Waals surface area contributed by atoms with E-state index in [1.54, 1.807) is 12.1 Å². The lowest BCUT2D eigenvalue weighted by Crippen LogP contribution is -2.04. The van der Waals surface area contributed by atoms with Gasteiger partial charge in [-0.3, -0.25) is 0 Å². The first-order valence-corrected chi connectivity index (χ1v) is 4.81. The molecule has 0 aromatic heterocycles. The van der Waals surface area contributed by atoms with Gasteiger partial charge >= 0.3 is 0 Å². The summed E-state index contributed by atoms with van der Waals surface area (Å²) in [6.07, 6.45) is 2.57. The van der Waals surface area contributed by atoms with Crippen molar-refractivity contribution in [3.8, 4) is 5.75 Å². The van der Waals surface area contributed by atoms with Gasteiger partial charge in [-0.2, -0.15) is 0 Å². The molecule has 0 aliphatic heterocycles. The van der Waals surface area contributed by atoms with Crippen LogP contribution < -0.4 is 10.2 Å². The topological polar surface area (TPSA) is 9.23 Å². The van der Waals surface area contributed by atoms with Gasteiger partial charge in [-0.15, -0.1) is 0 Å². The van der Waals surface area contributed by atoms with Crippen LogP contribution in [0, 0.1) is 5.92 Å². The quantitative estimate of drug-likeness (QED) is 0.665. The molecule has 66 valence electrons. The number of rotatable bonds is 3. The maximum Gasteiger partial charge on any atom is 0.137 e. The van der Waals surface area contributed by atoms with Gasteiger partial charge < -0.3 is 4.74 Å². The second-order valence-corrected chi connectivity index (χ2v) is 3.85. The number of ether oxygens (including phenoxy) is 1. The van der Waals surface area contributed by atoms with E-state index in [0.29, 0.717) is 10.5 Å². The molecule has 1 aromatic carbocycles. The van der Waals surface area contributed by atoms with Crippen molar-refractivity contribution in [1.82, 2.24) is 0 Å². The highest BCUT2D eigenvalue weighted by Gasteiger charge is 2.22. The lowest BCUT2D eigenvalue weighted by Gasteiger charge is -2.07. The van der Waals surface area contributed by atoms with Gasteiger partial charge in [0.05, 0.1) is 11.6 Å². The predicted molar refractivity (Wildman–Crippen MR) is 55.1 cm³/mol. The van der Waals surface area contributed by atoms with E-state index in [1.807, 2.05) is 6.07 Å². The third-order valence-electron chi connectivity index (χ3n) is 2.13. The fourth-order valence-electron chi connectivity index (χ4n) is 1.13. The van der Waals surface area contributed by atoms with E-state index in [0.717, 1.165) is 18.3 Å². The van der Waals surface area contributed by atoms with Crippen LogP contribution in [0.2, 0.25) is 5.02 Å². The highest BCUT2D eigenvalue weighted by Crippen LogP contribution is 2.31. The molecule has 3 heteroatoms. The maximum atomic E-state index is 5.93. The molecule has 2 radical (unpaired) electrons. The van der Waals surface area contributed by atoms with Crippen molar-refractivity contribution in [2.24, 2.45) is 5.92 Å². The lowest BCUT2D eigenvalue weighted by molar-refractivity contribution is 0.300. The fraction of sp³-hybridized carbons (Fsp3) is 0.400. The predicted octanol–water partition coefficient (Wildman–Crippen LogP) is 1.92. The van der Waals surface area contributed by atoms with E-state index in [9.17, 15) is 0 Å². The van der Waals surface area contributed by atoms with Gasteiger partial charge in [0, 0.05) is 0 Å². The molecule has 2 rings (SSSR count). The van der Waals surface area contributed by atoms with Crippen LogP contribution in [0.1, 0.15) is 12.8 Å². The summed E-state index contributed by atoms with van der Waals surface area (Å²) in [4.78, 5) is 0. The Hall–Kier alpha value is -0.625. The first kappa shape index (κ1) is 8.95. The van der Waals surface area contributed by atoms with Gasteiger partial charge in [0.2, 0.25) is 0 Å². The minimum Gasteiger partial charge on any atom is -0.492 e. The molecule has 1 aliphatic carbocycles. The second-order valence-electron chi connectivity index (χ2n) is 3.44. The van der Waals surface area contributed by atoms with Crippen LogP contribution in [-0.2, 0) is 0 Å². The van der Waals surface area contributed by atoms with E-state index < -0.39 is 0 Å². The molecule has 1 aromatic rings. The zero-order valence-corrected chi connectivity index (χ0v) is 8.05. The number of halogens is 1. The molecule has 0 unspecified atom stereocenters. The van der Waals surface area contributed by atoms with E-state index in [4.69, 9.17) is 24.2 Å². The SMILES string of the molecule is [B]c1ccc(OCC2CC2)c(Cl)c1. The van der Waals surface area contributed by atoms with Crippen LogP contribution >= 0.6 is 11.6 Å². The third kappa shape index (κ3) is 2.41. The van der Waals surface area contributed by atoms with Crippen molar-refractivity contribution in [2.75, 3.05) is 6.61 Å². The molecule has 0 bridgehead atoms. The van der Waals surface area contributed by atoms with Gasteiger partial charge in [0.25, 0.3) is 0 Å². The van der Waals surface area contributed by atoms with Crippen molar-refractivity contribution in [2.45, 2.75) is 12.8 Å². The first-order chi connectivity index (χ1) is 6.25. The Balaban J connectivity index is 2.01. The van der Waals surface area contributed by atoms with Gasteiger partial charge in [0.15, 0.2) is 0 Å². The van der Waals surface area contributed by atoms with Gasteiger partial charge in [-0.05, 0) is 30.9 Å². The largest absolute Gasteiger partial charge is 0.492 e. The van der Waals surface area contributed by atoms with Crippen LogP contribution in [0.4, 0.5) is 0 Å². The highest BCUT2D eigenvalue weighted by molar-refractivity contribution is 6.37. The highest BCUT2D eigenvalue weighted by atomic mass is 35.5. The summed E-state index contributed by atoms with van der Waals surface area (Å²) < 4.78 is 5.53. The first-order valence-electron chi connectivity index (χ1n) is 4.43. The molecule has 0 N–H and O–H groups in total. The Labute approximate surface area is 84.5 Å². The summed E-state index contributed by atoms with van der Waals surface area (Å²) >= 11 is 5.93. The molecule has 0 spiro atoms. The zero-order valence-electron chi connectivity index (χ0n) is 7.29. The van der Waals surface area contributed by atoms with Crippen LogP contribution in [0.25, 0.3) is 0 Å². The summed E-state index contributed by atoms with van der Waals surface area (Å²) in [6, 6.07) is 5.33. The van der Waals surface area contributed by atoms with Crippen LogP contribution in [-0.4, -0.2) is 14.5 Å². The van der Waals surface area contributed by atoms with Crippen molar-refractivity contribution in [1.29, 1.82) is 0 Å². The third-order valence-corrected chi connectivity index (χ3v) is 2.42. The van der Waals surface area contributed by atoms with Gasteiger partial charge in [-0.25, -0.2) is 0 Å². The number of benzene rings is 1. The molecule has 1 aliphatic rings. The molecule has 1 nitrogen and oxygen atoms in total. The lowest BCUT2D eigenvalue weighted by atomic mass is 9.97. The van der Waals surface area contributed by atoms with Gasteiger partial charge in [0.1, 0.15) is 13.6 Å². The van der Waals surface area contributed by atoms with Crippen molar-refractivity contribution in [3.05, 3.63) is 23.2 Å². The normalized spacial score (nSPS) is 15.8. The maximum absolute atomic E-state index is 5.93. The summed E-state index contributed by atoms with van der Waals surface area (Å²) in [5.74, 6) is 1.48. The molecule has 0 saturated heterocycles. The minimum absolute atomic E-state index is 0.598. The Morgan fingerprint density at radius 2 is 2.23 bits per heavy atom. The van der Waals surface area contributed by atoms with E-state index in [2.05, 4.69) is 0 Å². The fourth-order valence-corrected chi connectivity index (χ4v) is 1.37. The number of hydrogen-bond acceptors (Lipinski definition) is 1. The summed E-state index contributed by atoms with van der Waals surface area (Å²) in [5, 5.41) is 0.598. The zero-order chi connectivity index (χ0) is 9.26. The molecule has 13 heavy (non-hydrogen) atoms. The van der Waals surface area contributed by atoms with Crippen molar-refractivity contribution < 1.29 is 4.74 Å². The average Bonchev–Trinajstić information content (AvgIpc) is 2.86. The molecule has 1 fully saturated rings. The van der Waals surface area contributed by atoms with Crippen LogP contribution in [0.5, 0.6) is 5.75 Å². The van der Waals surface area contributed by atoms with Crippen LogP contribution in [0.15, 0.2) is 18.2 Å². The Morgan fingerprint density at radius 1 is 1.46 bits per heavy atom. The molecular weight excluding hydrogens is 182 g/mol. The molecule has 0 atom stereocenters. The van der Waals surface area contributed by atoms with Gasteiger partial charge in [-0.1, -0.05) is 23.1 Å². The van der Waals surface area contributed by atoms with Crippen LogP contribution in [0.3, 0.4) is 0 Å². The molecule has 1 saturated carbocycles. The number of hydrogen-bond donors (Lipinski definition) is 0. The summed E-state index contributed by atoms with van der Waals surface area (Å²) in [6.45, 7) is 0.781. The molecule has 0 amide bonds.